The minimum Gasteiger partial charge on any atom is -0.384 e. The summed E-state index contributed by atoms with van der Waals surface area (Å²) in [7, 11) is 3.36. The molecule has 1 atom stereocenters. The Kier molecular flexibility index (Phi) is 6.23. The number of benzene rings is 1. The molecule has 20 heavy (non-hydrogen) atoms. The first-order valence-corrected chi connectivity index (χ1v) is 6.47. The summed E-state index contributed by atoms with van der Waals surface area (Å²) in [5, 5.41) is 8.79. The summed E-state index contributed by atoms with van der Waals surface area (Å²) in [6.07, 6.45) is 0. The monoisotopic (exact) mass is 275 g/mol. The Labute approximate surface area is 120 Å². The van der Waals surface area contributed by atoms with Gasteiger partial charge in [0, 0.05) is 19.7 Å². The van der Waals surface area contributed by atoms with E-state index in [-0.39, 0.29) is 18.6 Å². The number of aliphatic hydroxyl groups excluding tert-OH is 1. The summed E-state index contributed by atoms with van der Waals surface area (Å²) >= 11 is 0. The molecule has 1 rings (SSSR count). The fourth-order valence-corrected chi connectivity index (χ4v) is 1.82. The van der Waals surface area contributed by atoms with E-state index in [0.29, 0.717) is 17.7 Å². The molecule has 0 bridgehead atoms. The smallest absolute Gasteiger partial charge is 0.255 e. The summed E-state index contributed by atoms with van der Waals surface area (Å²) in [5.41, 5.74) is 2.18. The molecular formula is C16H21NO3. The lowest BCUT2D eigenvalue weighted by Crippen LogP contribution is -2.38. The third-order valence-corrected chi connectivity index (χ3v) is 3.10. The van der Waals surface area contributed by atoms with Crippen molar-refractivity contribution in [3.05, 3.63) is 34.9 Å². The minimum atomic E-state index is -0.225. The van der Waals surface area contributed by atoms with Crippen LogP contribution in [0.3, 0.4) is 0 Å². The Morgan fingerprint density at radius 3 is 2.80 bits per heavy atom. The predicted molar refractivity (Wildman–Crippen MR) is 78.6 cm³/mol. The quantitative estimate of drug-likeness (QED) is 0.846. The van der Waals surface area contributed by atoms with E-state index in [4.69, 9.17) is 9.84 Å². The fraction of sp³-hybridized carbons (Fsp3) is 0.438. The molecule has 1 amide bonds. The van der Waals surface area contributed by atoms with Crippen LogP contribution >= 0.6 is 0 Å². The number of carbonyl (C=O) groups excluding carboxylic acids is 1. The first-order chi connectivity index (χ1) is 9.51. The van der Waals surface area contributed by atoms with Crippen molar-refractivity contribution >= 4 is 5.91 Å². The molecule has 0 spiro atoms. The first-order valence-electron chi connectivity index (χ1n) is 6.47. The van der Waals surface area contributed by atoms with E-state index in [0.717, 1.165) is 5.56 Å². The maximum atomic E-state index is 12.5. The molecule has 0 aliphatic carbocycles. The first kappa shape index (κ1) is 16.2. The van der Waals surface area contributed by atoms with E-state index >= 15 is 0 Å². The maximum Gasteiger partial charge on any atom is 0.255 e. The fourth-order valence-electron chi connectivity index (χ4n) is 1.82. The van der Waals surface area contributed by atoms with Crippen molar-refractivity contribution in [3.8, 4) is 11.8 Å². The van der Waals surface area contributed by atoms with Gasteiger partial charge in [0.15, 0.2) is 0 Å². The van der Waals surface area contributed by atoms with Gasteiger partial charge in [-0.25, -0.2) is 0 Å². The molecule has 1 N–H and O–H groups in total. The van der Waals surface area contributed by atoms with Crippen LogP contribution in [0.1, 0.15) is 28.4 Å². The topological polar surface area (TPSA) is 49.8 Å². The van der Waals surface area contributed by atoms with Gasteiger partial charge in [0.25, 0.3) is 5.91 Å². The highest BCUT2D eigenvalue weighted by Gasteiger charge is 2.19. The number of amides is 1. The number of aliphatic hydroxyl groups is 1. The molecule has 0 radical (unpaired) electrons. The van der Waals surface area contributed by atoms with Crippen molar-refractivity contribution in [2.75, 3.05) is 27.4 Å². The SMILES string of the molecule is COCC(C)N(C)C(=O)c1cc(C)ccc1C#CCO. The van der Waals surface area contributed by atoms with Crippen LogP contribution in [0.15, 0.2) is 18.2 Å². The Morgan fingerprint density at radius 2 is 2.20 bits per heavy atom. The molecule has 4 nitrogen and oxygen atoms in total. The average molecular weight is 275 g/mol. The Morgan fingerprint density at radius 1 is 1.50 bits per heavy atom. The highest BCUT2D eigenvalue weighted by atomic mass is 16.5. The molecule has 0 saturated carbocycles. The van der Waals surface area contributed by atoms with E-state index in [1.807, 2.05) is 26.0 Å². The zero-order chi connectivity index (χ0) is 15.1. The van der Waals surface area contributed by atoms with Gasteiger partial charge in [-0.3, -0.25) is 4.79 Å². The summed E-state index contributed by atoms with van der Waals surface area (Å²) in [4.78, 5) is 14.2. The average Bonchev–Trinajstić information content (AvgIpc) is 2.44. The summed E-state index contributed by atoms with van der Waals surface area (Å²) in [6.45, 7) is 4.11. The summed E-state index contributed by atoms with van der Waals surface area (Å²) in [5.74, 6) is 5.30. The van der Waals surface area contributed by atoms with Crippen LogP contribution in [0, 0.1) is 18.8 Å². The van der Waals surface area contributed by atoms with Crippen molar-refractivity contribution in [1.29, 1.82) is 0 Å². The van der Waals surface area contributed by atoms with Crippen molar-refractivity contribution < 1.29 is 14.6 Å². The number of nitrogens with zero attached hydrogens (tertiary/aromatic N) is 1. The normalized spacial score (nSPS) is 11.4. The summed E-state index contributed by atoms with van der Waals surface area (Å²) < 4.78 is 5.07. The standard InChI is InChI=1S/C16H21NO3/c1-12-7-8-14(6-5-9-18)15(10-12)16(19)17(3)13(2)11-20-4/h7-8,10,13,18H,9,11H2,1-4H3. The molecule has 0 aromatic heterocycles. The predicted octanol–water partition coefficient (Wildman–Crippen LogP) is 1.45. The summed E-state index contributed by atoms with van der Waals surface area (Å²) in [6, 6.07) is 5.50. The van der Waals surface area contributed by atoms with E-state index in [1.165, 1.54) is 0 Å². The van der Waals surface area contributed by atoms with Gasteiger partial charge in [0.1, 0.15) is 6.61 Å². The second-order valence-electron chi connectivity index (χ2n) is 4.73. The lowest BCUT2D eigenvalue weighted by Gasteiger charge is -2.25. The van der Waals surface area contributed by atoms with Gasteiger partial charge in [0.2, 0.25) is 0 Å². The second kappa shape index (κ2) is 7.68. The molecule has 108 valence electrons. The molecule has 0 aliphatic heterocycles. The molecule has 0 saturated heterocycles. The number of likely N-dealkylation sites (N-methyl/N-ethyl adjacent to an activating group) is 1. The number of hydrogen-bond acceptors (Lipinski definition) is 3. The molecular weight excluding hydrogens is 254 g/mol. The molecule has 0 aliphatic rings. The van der Waals surface area contributed by atoms with Gasteiger partial charge in [-0.1, -0.05) is 23.5 Å². The van der Waals surface area contributed by atoms with Gasteiger partial charge in [-0.2, -0.15) is 0 Å². The van der Waals surface area contributed by atoms with Crippen LogP contribution < -0.4 is 0 Å². The van der Waals surface area contributed by atoms with E-state index < -0.39 is 0 Å². The largest absolute Gasteiger partial charge is 0.384 e. The van der Waals surface area contributed by atoms with Crippen LogP contribution in [0.25, 0.3) is 0 Å². The number of hydrogen-bond donors (Lipinski definition) is 1. The highest BCUT2D eigenvalue weighted by Crippen LogP contribution is 2.14. The number of methoxy groups -OCH3 is 1. The number of carbonyl (C=O) groups is 1. The lowest BCUT2D eigenvalue weighted by atomic mass is 10.0. The van der Waals surface area contributed by atoms with Crippen molar-refractivity contribution in [1.82, 2.24) is 4.90 Å². The molecule has 0 fully saturated rings. The third kappa shape index (κ3) is 4.09. The second-order valence-corrected chi connectivity index (χ2v) is 4.73. The zero-order valence-electron chi connectivity index (χ0n) is 12.4. The highest BCUT2D eigenvalue weighted by molar-refractivity contribution is 5.97. The molecule has 4 heteroatoms. The van der Waals surface area contributed by atoms with Gasteiger partial charge >= 0.3 is 0 Å². The van der Waals surface area contributed by atoms with E-state index in [1.54, 1.807) is 25.1 Å². The zero-order valence-corrected chi connectivity index (χ0v) is 12.4. The van der Waals surface area contributed by atoms with Crippen LogP contribution in [0.4, 0.5) is 0 Å². The third-order valence-electron chi connectivity index (χ3n) is 3.10. The molecule has 1 aromatic rings. The Bertz CT molecular complexity index is 528. The van der Waals surface area contributed by atoms with Crippen molar-refractivity contribution in [2.45, 2.75) is 19.9 Å². The van der Waals surface area contributed by atoms with Gasteiger partial charge in [-0.15, -0.1) is 0 Å². The van der Waals surface area contributed by atoms with Crippen LogP contribution in [-0.2, 0) is 4.74 Å². The van der Waals surface area contributed by atoms with Crippen molar-refractivity contribution in [3.63, 3.8) is 0 Å². The van der Waals surface area contributed by atoms with Gasteiger partial charge in [0.05, 0.1) is 18.2 Å². The minimum absolute atomic E-state index is 0.0216. The van der Waals surface area contributed by atoms with E-state index in [9.17, 15) is 4.79 Å². The Hall–Kier alpha value is -1.83. The van der Waals surface area contributed by atoms with Crippen LogP contribution in [0.2, 0.25) is 0 Å². The Balaban J connectivity index is 3.10. The number of rotatable bonds is 4. The molecule has 0 heterocycles. The van der Waals surface area contributed by atoms with Crippen LogP contribution in [0.5, 0.6) is 0 Å². The van der Waals surface area contributed by atoms with Gasteiger partial charge < -0.3 is 14.7 Å². The lowest BCUT2D eigenvalue weighted by molar-refractivity contribution is 0.0633. The molecule has 1 unspecified atom stereocenters. The van der Waals surface area contributed by atoms with E-state index in [2.05, 4.69) is 11.8 Å². The number of aryl methyl sites for hydroxylation is 1. The number of ether oxygens (including phenoxy) is 1. The van der Waals surface area contributed by atoms with Gasteiger partial charge in [-0.05, 0) is 26.0 Å². The van der Waals surface area contributed by atoms with Crippen molar-refractivity contribution in [2.24, 2.45) is 0 Å². The van der Waals surface area contributed by atoms with Crippen LogP contribution in [-0.4, -0.2) is 49.3 Å². The maximum absolute atomic E-state index is 12.5. The molecule has 1 aromatic carbocycles.